The summed E-state index contributed by atoms with van der Waals surface area (Å²) in [6.45, 7) is 10.5. The number of piperazine rings is 1. The number of hydrogen-bond acceptors (Lipinski definition) is 10. The Bertz CT molecular complexity index is 2800. The molecule has 9 rings (SSSR count). The fraction of sp³-hybridized carbons (Fsp3) is 0.451. The van der Waals surface area contributed by atoms with Gasteiger partial charge in [-0.05, 0) is 91.9 Å². The number of amides is 5. The van der Waals surface area contributed by atoms with E-state index in [1.165, 1.54) is 24.3 Å². The van der Waals surface area contributed by atoms with Crippen LogP contribution in [0.4, 0.5) is 34.6 Å². The number of alkyl halides is 3. The number of imide groups is 1. The van der Waals surface area contributed by atoms with E-state index >= 15 is 9.18 Å². The van der Waals surface area contributed by atoms with E-state index in [-0.39, 0.29) is 71.1 Å². The highest BCUT2D eigenvalue weighted by Crippen LogP contribution is 2.61. The SMILES string of the molecule is CCN1C[C@]2(c3cnc(C(F)(F)F)cc31)[C@H](CC(C)(C)C)N(C)[C@@H](C(=O)Nc1ccc(C(=O)N3CCN(c4ccc5c(c4)CN(C4CCC(=O)NC4=O)C5=O)CC3)cc1OC)[C@@H]2c1cccc(Cl)c1F. The number of fused-ring (bicyclic) bond motifs is 3. The van der Waals surface area contributed by atoms with Crippen LogP contribution in [0.15, 0.2) is 66.9 Å². The molecule has 1 spiro atoms. The largest absolute Gasteiger partial charge is 0.495 e. The molecule has 5 amide bonds. The van der Waals surface area contributed by atoms with Gasteiger partial charge in [0, 0.05) is 104 Å². The third kappa shape index (κ3) is 8.49. The van der Waals surface area contributed by atoms with Gasteiger partial charge in [0.25, 0.3) is 11.8 Å². The highest BCUT2D eigenvalue weighted by Gasteiger charge is 2.65. The van der Waals surface area contributed by atoms with Gasteiger partial charge in [-0.3, -0.25) is 39.2 Å². The van der Waals surface area contributed by atoms with E-state index in [9.17, 15) is 32.3 Å². The van der Waals surface area contributed by atoms with E-state index in [0.717, 1.165) is 17.3 Å². The van der Waals surface area contributed by atoms with E-state index in [1.54, 1.807) is 48.3 Å². The van der Waals surface area contributed by atoms with Crippen molar-refractivity contribution >= 4 is 58.2 Å². The van der Waals surface area contributed by atoms with Crippen LogP contribution in [0.25, 0.3) is 0 Å². The Morgan fingerprint density at radius 2 is 1.74 bits per heavy atom. The van der Waals surface area contributed by atoms with E-state index in [4.69, 9.17) is 16.3 Å². The maximum absolute atomic E-state index is 16.6. The van der Waals surface area contributed by atoms with Crippen molar-refractivity contribution in [3.8, 4) is 5.75 Å². The summed E-state index contributed by atoms with van der Waals surface area (Å²) in [5, 5.41) is 5.19. The Balaban J connectivity index is 0.959. The highest BCUT2D eigenvalue weighted by atomic mass is 35.5. The number of rotatable bonds is 9. The quantitative estimate of drug-likeness (QED) is 0.130. The molecule has 2 N–H and O–H groups in total. The van der Waals surface area contributed by atoms with Crippen LogP contribution >= 0.6 is 11.6 Å². The molecule has 3 saturated heterocycles. The number of nitrogens with one attached hydrogen (secondary N) is 2. The average Bonchev–Trinajstić information content (AvgIpc) is 3.91. The number of hydrogen-bond donors (Lipinski definition) is 2. The summed E-state index contributed by atoms with van der Waals surface area (Å²) in [6.07, 6.45) is -2.53. The Kier molecular flexibility index (Phi) is 12.6. The summed E-state index contributed by atoms with van der Waals surface area (Å²) in [4.78, 5) is 79.7. The van der Waals surface area contributed by atoms with Crippen molar-refractivity contribution in [1.29, 1.82) is 0 Å². The predicted octanol–water partition coefficient (Wildman–Crippen LogP) is 7.24. The lowest BCUT2D eigenvalue weighted by Gasteiger charge is -2.41. The van der Waals surface area contributed by atoms with Gasteiger partial charge in [-0.25, -0.2) is 4.39 Å². The maximum atomic E-state index is 16.6. The molecule has 70 heavy (non-hydrogen) atoms. The number of aromatic nitrogens is 1. The Hall–Kier alpha value is -6.27. The van der Waals surface area contributed by atoms with Crippen LogP contribution in [0.2, 0.25) is 5.02 Å². The standard InChI is InChI=1S/C51H55ClF4N8O6/c1-7-61-27-50(33-25-57-39(23-37(33)61)51(54,55)56)40(24-49(2,3)4)60(5)44(42(50)32-9-8-10-34(52)43(32)53)46(67)58-35-14-11-28(22-38(35)70-6)47(68)63-19-17-62(18-20-63)30-12-13-31-29(21-30)26-64(48(31)69)36-15-16-41(65)59-45(36)66/h8-14,21-23,25,36,40,42,44H,7,15-20,24,26-27H2,1-6H3,(H,58,67)(H,59,65,66)/t36?,40-,42-,44+,50-/m0/s1. The van der Waals surface area contributed by atoms with Crippen molar-refractivity contribution in [2.24, 2.45) is 5.41 Å². The normalized spacial score (nSPS) is 23.8. The number of halogens is 5. The van der Waals surface area contributed by atoms with Gasteiger partial charge in [0.15, 0.2) is 0 Å². The van der Waals surface area contributed by atoms with Gasteiger partial charge in [0.05, 0.1) is 23.9 Å². The van der Waals surface area contributed by atoms with Crippen LogP contribution < -0.4 is 25.2 Å². The fourth-order valence-electron chi connectivity index (χ4n) is 11.5. The number of likely N-dealkylation sites (tertiary alicyclic amines) is 1. The number of benzene rings is 3. The molecule has 14 nitrogen and oxygen atoms in total. The van der Waals surface area contributed by atoms with Crippen LogP contribution in [0, 0.1) is 11.2 Å². The van der Waals surface area contributed by atoms with Gasteiger partial charge >= 0.3 is 6.18 Å². The first kappa shape index (κ1) is 48.7. The van der Waals surface area contributed by atoms with Crippen molar-refractivity contribution < 1.29 is 46.3 Å². The van der Waals surface area contributed by atoms with Crippen LogP contribution in [0.1, 0.15) is 96.0 Å². The molecule has 0 bridgehead atoms. The lowest BCUT2D eigenvalue weighted by molar-refractivity contribution is -0.141. The number of carbonyl (C=O) groups excluding carboxylic acids is 5. The molecule has 3 fully saturated rings. The second kappa shape index (κ2) is 18.2. The summed E-state index contributed by atoms with van der Waals surface area (Å²) >= 11 is 6.46. The first-order valence-corrected chi connectivity index (χ1v) is 23.8. The molecule has 5 aliphatic heterocycles. The molecule has 6 heterocycles. The molecular weight excluding hydrogens is 932 g/mol. The molecule has 0 saturated carbocycles. The van der Waals surface area contributed by atoms with E-state index < -0.39 is 59.0 Å². The first-order chi connectivity index (χ1) is 33.1. The van der Waals surface area contributed by atoms with Gasteiger partial charge in [0.1, 0.15) is 23.3 Å². The third-order valence-electron chi connectivity index (χ3n) is 14.8. The van der Waals surface area contributed by atoms with Crippen LogP contribution in [0.5, 0.6) is 5.75 Å². The minimum Gasteiger partial charge on any atom is -0.495 e. The van der Waals surface area contributed by atoms with Crippen LogP contribution in [-0.2, 0) is 32.5 Å². The minimum absolute atomic E-state index is 0.149. The van der Waals surface area contributed by atoms with Crippen molar-refractivity contribution in [2.75, 3.05) is 68.5 Å². The monoisotopic (exact) mass is 986 g/mol. The van der Waals surface area contributed by atoms with Crippen molar-refractivity contribution in [1.82, 2.24) is 25.0 Å². The number of pyridine rings is 1. The highest BCUT2D eigenvalue weighted by molar-refractivity contribution is 6.30. The number of anilines is 3. The number of ether oxygens (including phenoxy) is 1. The Morgan fingerprint density at radius 1 is 1.00 bits per heavy atom. The molecule has 1 aromatic heterocycles. The number of methoxy groups -OCH3 is 1. The second-order valence-electron chi connectivity index (χ2n) is 20.1. The minimum atomic E-state index is -4.71. The molecule has 1 unspecified atom stereocenters. The summed E-state index contributed by atoms with van der Waals surface area (Å²) in [5.41, 5.74) is 1.19. The van der Waals surface area contributed by atoms with Crippen molar-refractivity contribution in [3.05, 3.63) is 111 Å². The number of nitrogens with zero attached hydrogens (tertiary/aromatic N) is 6. The molecule has 0 radical (unpaired) electrons. The number of piperidine rings is 1. The van der Waals surface area contributed by atoms with Gasteiger partial charge in [-0.1, -0.05) is 44.5 Å². The number of likely N-dealkylation sites (N-methyl/N-ethyl adjacent to an activating group) is 2. The fourth-order valence-corrected chi connectivity index (χ4v) is 11.7. The average molecular weight is 987 g/mol. The summed E-state index contributed by atoms with van der Waals surface area (Å²) in [5.74, 6) is -3.33. The van der Waals surface area contributed by atoms with Gasteiger partial charge in [-0.2, -0.15) is 13.2 Å². The Labute approximate surface area is 408 Å². The molecule has 19 heteroatoms. The predicted molar refractivity (Wildman–Crippen MR) is 255 cm³/mol. The third-order valence-corrected chi connectivity index (χ3v) is 15.1. The summed E-state index contributed by atoms with van der Waals surface area (Å²) in [7, 11) is 3.21. The second-order valence-corrected chi connectivity index (χ2v) is 20.5. The van der Waals surface area contributed by atoms with Crippen molar-refractivity contribution in [2.45, 2.75) is 89.1 Å². The lowest BCUT2D eigenvalue weighted by Crippen LogP contribution is -2.52. The van der Waals surface area contributed by atoms with E-state index in [2.05, 4.69) is 20.5 Å². The Morgan fingerprint density at radius 3 is 2.41 bits per heavy atom. The molecule has 5 atom stereocenters. The van der Waals surface area contributed by atoms with Gasteiger partial charge in [0.2, 0.25) is 17.7 Å². The molecule has 4 aromatic rings. The summed E-state index contributed by atoms with van der Waals surface area (Å²) in [6, 6.07) is 13.7. The van der Waals surface area contributed by atoms with Gasteiger partial charge in [-0.15, -0.1) is 0 Å². The van der Waals surface area contributed by atoms with Crippen LogP contribution in [0.3, 0.4) is 0 Å². The maximum Gasteiger partial charge on any atom is 0.433 e. The summed E-state index contributed by atoms with van der Waals surface area (Å²) < 4.78 is 64.9. The van der Waals surface area contributed by atoms with Crippen LogP contribution in [-0.4, -0.2) is 121 Å². The van der Waals surface area contributed by atoms with Gasteiger partial charge < -0.3 is 29.7 Å². The smallest absolute Gasteiger partial charge is 0.433 e. The topological polar surface area (TPSA) is 148 Å². The molecule has 370 valence electrons. The zero-order chi connectivity index (χ0) is 50.2. The molecular formula is C51H55ClF4N8O6. The molecule has 5 aliphatic rings. The zero-order valence-corrected chi connectivity index (χ0v) is 40.5. The number of carbonyl (C=O) groups is 5. The van der Waals surface area contributed by atoms with E-state index in [0.29, 0.717) is 61.5 Å². The first-order valence-electron chi connectivity index (χ1n) is 23.4. The molecule has 0 aliphatic carbocycles. The van der Waals surface area contributed by atoms with E-state index in [1.807, 2.05) is 49.6 Å². The molecule has 3 aromatic carbocycles. The zero-order valence-electron chi connectivity index (χ0n) is 39.8. The van der Waals surface area contributed by atoms with Crippen molar-refractivity contribution in [3.63, 3.8) is 0 Å². The lowest BCUT2D eigenvalue weighted by atomic mass is 9.63.